The number of nitrogens with zero attached hydrogens (tertiary/aromatic N) is 4. The number of piperidine rings is 1. The topological polar surface area (TPSA) is 86.1 Å². The van der Waals surface area contributed by atoms with Gasteiger partial charge in [-0.15, -0.1) is 14.5 Å². The zero-order valence-corrected chi connectivity index (χ0v) is 11.9. The molecule has 8 heteroatoms. The van der Waals surface area contributed by atoms with Crippen LogP contribution in [0.3, 0.4) is 0 Å². The molecule has 1 N–H and O–H groups in total. The fourth-order valence-electron chi connectivity index (χ4n) is 2.86. The Hall–Kier alpha value is -0.830. The van der Waals surface area contributed by atoms with E-state index in [9.17, 15) is 8.76 Å². The van der Waals surface area contributed by atoms with Crippen LogP contribution >= 0.6 is 0 Å². The van der Waals surface area contributed by atoms with Crippen molar-refractivity contribution < 1.29 is 8.76 Å². The number of rotatable bonds is 2. The normalized spacial score (nSPS) is 24.9. The van der Waals surface area contributed by atoms with Crippen LogP contribution in [0, 0.1) is 0 Å². The van der Waals surface area contributed by atoms with Crippen LogP contribution in [0.15, 0.2) is 0 Å². The maximum Gasteiger partial charge on any atom is 0.147 e. The average molecular weight is 285 g/mol. The van der Waals surface area contributed by atoms with Crippen LogP contribution in [0.25, 0.3) is 0 Å². The zero-order valence-electron chi connectivity index (χ0n) is 11.0. The molecular weight excluding hydrogens is 266 g/mol. The Bertz CT molecular complexity index is 503. The van der Waals surface area contributed by atoms with Crippen LogP contribution in [0.2, 0.25) is 0 Å². The monoisotopic (exact) mass is 285 g/mol. The largest absolute Gasteiger partial charge is 0.598 e. The molecule has 1 unspecified atom stereocenters. The Balaban J connectivity index is 1.72. The van der Waals surface area contributed by atoms with E-state index in [4.69, 9.17) is 0 Å². The van der Waals surface area contributed by atoms with Crippen LogP contribution in [0.5, 0.6) is 0 Å². The van der Waals surface area contributed by atoms with Gasteiger partial charge in [-0.2, -0.15) is 0 Å². The van der Waals surface area contributed by atoms with Gasteiger partial charge in [-0.05, 0) is 12.8 Å². The molecule has 0 saturated carbocycles. The standard InChI is InChI=1S/C11H19N5O2S/c1-19(17,18)15-5-2-9(3-6-15)11-14-13-10-8-12-4-7-16(10)11/h9,12H,2-8H2,1H3. The average Bonchev–Trinajstić information content (AvgIpc) is 2.82. The minimum Gasteiger partial charge on any atom is -0.598 e. The van der Waals surface area contributed by atoms with Crippen molar-refractivity contribution in [1.82, 2.24) is 24.4 Å². The summed E-state index contributed by atoms with van der Waals surface area (Å²) in [5, 5.41) is 11.8. The third kappa shape index (κ3) is 2.58. The Labute approximate surface area is 113 Å². The SMILES string of the molecule is C[S+](=O)([O-])N1CCC(c2nnc3n2CCNC3)CC1. The summed E-state index contributed by atoms with van der Waals surface area (Å²) in [6.45, 7) is 3.80. The molecular formula is C11H19N5O2S. The summed E-state index contributed by atoms with van der Waals surface area (Å²) in [6.07, 6.45) is 2.94. The summed E-state index contributed by atoms with van der Waals surface area (Å²) >= 11 is 0. The summed E-state index contributed by atoms with van der Waals surface area (Å²) in [5.74, 6) is 2.36. The second-order valence-electron chi connectivity index (χ2n) is 5.24. The van der Waals surface area contributed by atoms with Crippen molar-refractivity contribution in [3.63, 3.8) is 0 Å². The number of nitrogens with one attached hydrogen (secondary N) is 1. The van der Waals surface area contributed by atoms with Gasteiger partial charge in [0.1, 0.15) is 28.3 Å². The fourth-order valence-corrected chi connectivity index (χ4v) is 3.74. The van der Waals surface area contributed by atoms with Crippen LogP contribution in [-0.2, 0) is 27.7 Å². The summed E-state index contributed by atoms with van der Waals surface area (Å²) in [6, 6.07) is 0. The van der Waals surface area contributed by atoms with E-state index in [0.29, 0.717) is 19.0 Å². The van der Waals surface area contributed by atoms with Crippen LogP contribution in [-0.4, -0.2) is 49.5 Å². The number of hydrogen-bond acceptors (Lipinski definition) is 5. The maximum absolute atomic E-state index is 11.5. The van der Waals surface area contributed by atoms with E-state index in [2.05, 4.69) is 20.1 Å². The highest BCUT2D eigenvalue weighted by molar-refractivity contribution is 7.94. The lowest BCUT2D eigenvalue weighted by Gasteiger charge is -2.32. The molecule has 1 atom stereocenters. The van der Waals surface area contributed by atoms with Crippen molar-refractivity contribution in [2.75, 3.05) is 25.9 Å². The Kier molecular flexibility index (Phi) is 3.42. The molecule has 0 amide bonds. The van der Waals surface area contributed by atoms with Crippen LogP contribution in [0.1, 0.15) is 30.4 Å². The van der Waals surface area contributed by atoms with Crippen LogP contribution in [0.4, 0.5) is 0 Å². The smallest absolute Gasteiger partial charge is 0.147 e. The lowest BCUT2D eigenvalue weighted by molar-refractivity contribution is 0.285. The number of sulfonamides is 1. The van der Waals surface area contributed by atoms with Gasteiger partial charge in [0.2, 0.25) is 0 Å². The summed E-state index contributed by atoms with van der Waals surface area (Å²) in [4.78, 5) is 0. The first kappa shape index (κ1) is 13.2. The number of aromatic nitrogens is 3. The van der Waals surface area contributed by atoms with E-state index in [-0.39, 0.29) is 0 Å². The van der Waals surface area contributed by atoms with E-state index in [1.165, 1.54) is 6.26 Å². The highest BCUT2D eigenvalue weighted by Gasteiger charge is 2.32. The Morgan fingerprint density at radius 2 is 2.05 bits per heavy atom. The van der Waals surface area contributed by atoms with Crippen molar-refractivity contribution in [2.45, 2.75) is 31.8 Å². The number of fused-ring (bicyclic) bond motifs is 1. The van der Waals surface area contributed by atoms with Crippen molar-refractivity contribution >= 4 is 10.4 Å². The quantitative estimate of drug-likeness (QED) is 0.756. The van der Waals surface area contributed by atoms with E-state index in [0.717, 1.165) is 44.1 Å². The first-order chi connectivity index (χ1) is 9.05. The number of hydrogen-bond donors (Lipinski definition) is 1. The van der Waals surface area contributed by atoms with Gasteiger partial charge in [0.05, 0.1) is 6.54 Å². The van der Waals surface area contributed by atoms with Crippen molar-refractivity contribution in [3.8, 4) is 0 Å². The van der Waals surface area contributed by atoms with E-state index in [1.807, 2.05) is 0 Å². The minimum atomic E-state index is -3.05. The molecule has 0 bridgehead atoms. The van der Waals surface area contributed by atoms with Gasteiger partial charge in [0.15, 0.2) is 0 Å². The van der Waals surface area contributed by atoms with Gasteiger partial charge < -0.3 is 14.4 Å². The molecule has 1 aromatic heterocycles. The van der Waals surface area contributed by atoms with Gasteiger partial charge in [-0.25, -0.2) is 0 Å². The second-order valence-corrected chi connectivity index (χ2v) is 7.22. The van der Waals surface area contributed by atoms with Gasteiger partial charge in [-0.1, -0.05) is 4.21 Å². The molecule has 106 valence electrons. The Morgan fingerprint density at radius 3 is 2.74 bits per heavy atom. The Morgan fingerprint density at radius 1 is 1.32 bits per heavy atom. The molecule has 1 saturated heterocycles. The minimum absolute atomic E-state index is 0.331. The first-order valence-corrected chi connectivity index (χ1v) is 8.48. The van der Waals surface area contributed by atoms with Crippen molar-refractivity contribution in [3.05, 3.63) is 11.6 Å². The van der Waals surface area contributed by atoms with E-state index < -0.39 is 10.4 Å². The molecule has 0 aromatic carbocycles. The molecule has 19 heavy (non-hydrogen) atoms. The van der Waals surface area contributed by atoms with Gasteiger partial charge in [0, 0.05) is 32.1 Å². The highest BCUT2D eigenvalue weighted by Crippen LogP contribution is 2.29. The van der Waals surface area contributed by atoms with E-state index in [1.54, 1.807) is 4.31 Å². The predicted octanol–water partition coefficient (Wildman–Crippen LogP) is -0.265. The molecule has 3 rings (SSSR count). The summed E-state index contributed by atoms with van der Waals surface area (Å²) in [7, 11) is -3.05. The third-order valence-electron chi connectivity index (χ3n) is 3.94. The summed E-state index contributed by atoms with van der Waals surface area (Å²) < 4.78 is 26.7. The van der Waals surface area contributed by atoms with Crippen LogP contribution < -0.4 is 5.32 Å². The highest BCUT2D eigenvalue weighted by atomic mass is 32.3. The molecule has 0 radical (unpaired) electrons. The zero-order chi connectivity index (χ0) is 13.5. The molecule has 0 aliphatic carbocycles. The summed E-state index contributed by atoms with van der Waals surface area (Å²) in [5.41, 5.74) is 0. The molecule has 1 aromatic rings. The molecule has 2 aliphatic rings. The predicted molar refractivity (Wildman–Crippen MR) is 70.0 cm³/mol. The first-order valence-electron chi connectivity index (χ1n) is 6.63. The van der Waals surface area contributed by atoms with Crippen molar-refractivity contribution in [1.29, 1.82) is 0 Å². The van der Waals surface area contributed by atoms with Gasteiger partial charge >= 0.3 is 0 Å². The lowest BCUT2D eigenvalue weighted by Crippen LogP contribution is -2.41. The molecule has 1 fully saturated rings. The molecule has 2 aliphatic heterocycles. The maximum atomic E-state index is 11.5. The van der Waals surface area contributed by atoms with E-state index >= 15 is 0 Å². The second kappa shape index (κ2) is 4.93. The van der Waals surface area contributed by atoms with Gasteiger partial charge in [0.25, 0.3) is 0 Å². The van der Waals surface area contributed by atoms with Crippen molar-refractivity contribution in [2.24, 2.45) is 0 Å². The molecule has 3 heterocycles. The van der Waals surface area contributed by atoms with Gasteiger partial charge in [-0.3, -0.25) is 0 Å². The lowest BCUT2D eigenvalue weighted by atomic mass is 9.97. The fraction of sp³-hybridized carbons (Fsp3) is 0.818. The molecule has 7 nitrogen and oxygen atoms in total. The third-order valence-corrected chi connectivity index (χ3v) is 5.24. The molecule has 0 spiro atoms.